The Kier molecular flexibility index (Phi) is 5.20. The van der Waals surface area contributed by atoms with Crippen molar-refractivity contribution in [2.45, 2.75) is 26.6 Å². The number of rotatable bonds is 5. The lowest BCUT2D eigenvalue weighted by molar-refractivity contribution is 0.131. The minimum absolute atomic E-state index is 0.207. The molecule has 0 atom stereocenters. The van der Waals surface area contributed by atoms with Gasteiger partial charge in [-0.25, -0.2) is 0 Å². The van der Waals surface area contributed by atoms with Crippen molar-refractivity contribution in [3.8, 4) is 11.1 Å². The van der Waals surface area contributed by atoms with Crippen LogP contribution in [-0.4, -0.2) is 42.6 Å². The first-order valence-electron chi connectivity index (χ1n) is 10.4. The van der Waals surface area contributed by atoms with Crippen molar-refractivity contribution in [2.24, 2.45) is 0 Å². The topological polar surface area (TPSA) is 11.4 Å². The van der Waals surface area contributed by atoms with Gasteiger partial charge in [-0.2, -0.15) is 0 Å². The number of para-hydroxylation sites is 1. The van der Waals surface area contributed by atoms with E-state index in [4.69, 9.17) is 0 Å². The number of fused-ring (bicyclic) bond motifs is 3. The Labute approximate surface area is 174 Å². The Morgan fingerprint density at radius 1 is 0.862 bits per heavy atom. The summed E-state index contributed by atoms with van der Waals surface area (Å²) in [5, 5.41) is 2.72. The van der Waals surface area contributed by atoms with Crippen LogP contribution in [0.4, 0.5) is 0 Å². The summed E-state index contributed by atoms with van der Waals surface area (Å²) in [5.74, 6) is 0. The predicted octanol–water partition coefficient (Wildman–Crippen LogP) is 5.91. The monoisotopic (exact) mass is 385 g/mol. The van der Waals surface area contributed by atoms with Gasteiger partial charge in [0.05, 0.1) is 11.7 Å². The highest BCUT2D eigenvalue weighted by Crippen LogP contribution is 2.42. The third kappa shape index (κ3) is 3.15. The van der Waals surface area contributed by atoms with Crippen LogP contribution in [0.15, 0.2) is 60.7 Å². The highest BCUT2D eigenvalue weighted by Gasteiger charge is 2.26. The fourth-order valence-electron chi connectivity index (χ4n) is 4.89. The van der Waals surface area contributed by atoms with Crippen LogP contribution in [0.25, 0.3) is 32.9 Å². The fraction of sp³-hybridized carbons (Fsp3) is 0.308. The van der Waals surface area contributed by atoms with E-state index in [0.717, 1.165) is 6.54 Å². The lowest BCUT2D eigenvalue weighted by Crippen LogP contribution is -2.33. The number of hydrogen-bond donors (Lipinski definition) is 0. The van der Waals surface area contributed by atoms with Gasteiger partial charge in [-0.15, -0.1) is 0 Å². The molecule has 0 spiro atoms. The van der Waals surface area contributed by atoms with Crippen molar-refractivity contribution in [1.82, 2.24) is 14.4 Å². The van der Waals surface area contributed by atoms with Gasteiger partial charge < -0.3 is 4.57 Å². The van der Waals surface area contributed by atoms with Crippen molar-refractivity contribution in [1.29, 1.82) is 0 Å². The molecule has 0 amide bonds. The SMILES string of the molecule is CCn1c2ccccc2c2c(C(N(C)C)N(C)C)c(C)cc(-c3ccccc3)c21. The second kappa shape index (κ2) is 7.66. The summed E-state index contributed by atoms with van der Waals surface area (Å²) in [6.07, 6.45) is 0.207. The van der Waals surface area contributed by atoms with Gasteiger partial charge >= 0.3 is 0 Å². The maximum absolute atomic E-state index is 2.48. The first kappa shape index (κ1) is 19.7. The molecule has 0 saturated heterocycles. The molecule has 0 radical (unpaired) electrons. The van der Waals surface area contributed by atoms with Crippen LogP contribution in [0.2, 0.25) is 0 Å². The molecule has 3 aromatic carbocycles. The van der Waals surface area contributed by atoms with Gasteiger partial charge in [0, 0.05) is 28.4 Å². The second-order valence-corrected chi connectivity index (χ2v) is 8.31. The van der Waals surface area contributed by atoms with Crippen LogP contribution in [0.3, 0.4) is 0 Å². The maximum atomic E-state index is 2.48. The van der Waals surface area contributed by atoms with E-state index in [1.165, 1.54) is 44.1 Å². The smallest absolute Gasteiger partial charge is 0.0885 e. The van der Waals surface area contributed by atoms with E-state index in [2.05, 4.69) is 117 Å². The number of nitrogens with zero attached hydrogens (tertiary/aromatic N) is 3. The van der Waals surface area contributed by atoms with Crippen molar-refractivity contribution < 1.29 is 0 Å². The van der Waals surface area contributed by atoms with Gasteiger partial charge in [-0.1, -0.05) is 48.5 Å². The number of benzene rings is 3. The molecule has 4 rings (SSSR count). The zero-order valence-corrected chi connectivity index (χ0v) is 18.4. The molecule has 0 bridgehead atoms. The van der Waals surface area contributed by atoms with Crippen LogP contribution >= 0.6 is 0 Å². The van der Waals surface area contributed by atoms with E-state index >= 15 is 0 Å². The average Bonchev–Trinajstić information content (AvgIpc) is 3.04. The van der Waals surface area contributed by atoms with Crippen LogP contribution < -0.4 is 0 Å². The molecule has 29 heavy (non-hydrogen) atoms. The first-order valence-corrected chi connectivity index (χ1v) is 10.4. The van der Waals surface area contributed by atoms with Gasteiger partial charge in [0.1, 0.15) is 0 Å². The van der Waals surface area contributed by atoms with Crippen molar-refractivity contribution in [2.75, 3.05) is 28.2 Å². The molecule has 0 unspecified atom stereocenters. The van der Waals surface area contributed by atoms with Gasteiger partial charge in [-0.3, -0.25) is 9.80 Å². The molecular formula is C26H31N3. The molecule has 0 aliphatic rings. The largest absolute Gasteiger partial charge is 0.340 e. The minimum Gasteiger partial charge on any atom is -0.340 e. The molecular weight excluding hydrogens is 354 g/mol. The number of hydrogen-bond acceptors (Lipinski definition) is 2. The van der Waals surface area contributed by atoms with E-state index in [-0.39, 0.29) is 6.17 Å². The molecule has 0 aliphatic heterocycles. The van der Waals surface area contributed by atoms with Crippen LogP contribution in [-0.2, 0) is 6.54 Å². The number of aryl methyl sites for hydroxylation is 2. The molecule has 1 aromatic heterocycles. The summed E-state index contributed by atoms with van der Waals surface area (Å²) in [7, 11) is 8.67. The molecule has 0 aliphatic carbocycles. The summed E-state index contributed by atoms with van der Waals surface area (Å²) < 4.78 is 2.48. The van der Waals surface area contributed by atoms with Crippen molar-refractivity contribution >= 4 is 21.8 Å². The second-order valence-electron chi connectivity index (χ2n) is 8.31. The van der Waals surface area contributed by atoms with Gasteiger partial charge in [0.15, 0.2) is 0 Å². The number of aromatic nitrogens is 1. The van der Waals surface area contributed by atoms with Gasteiger partial charge in [0.25, 0.3) is 0 Å². The van der Waals surface area contributed by atoms with E-state index in [0.29, 0.717) is 0 Å². The molecule has 150 valence electrons. The Morgan fingerprint density at radius 3 is 2.10 bits per heavy atom. The molecule has 0 saturated carbocycles. The lowest BCUT2D eigenvalue weighted by atomic mass is 9.92. The quantitative estimate of drug-likeness (QED) is 0.396. The highest BCUT2D eigenvalue weighted by atomic mass is 15.3. The van der Waals surface area contributed by atoms with Gasteiger partial charge in [-0.05, 0) is 70.9 Å². The van der Waals surface area contributed by atoms with Crippen LogP contribution in [0.5, 0.6) is 0 Å². The Morgan fingerprint density at radius 2 is 1.48 bits per heavy atom. The summed E-state index contributed by atoms with van der Waals surface area (Å²) in [6, 6.07) is 22.0. The van der Waals surface area contributed by atoms with Gasteiger partial charge in [0.2, 0.25) is 0 Å². The maximum Gasteiger partial charge on any atom is 0.0885 e. The Balaban J connectivity index is 2.24. The minimum atomic E-state index is 0.207. The van der Waals surface area contributed by atoms with E-state index < -0.39 is 0 Å². The van der Waals surface area contributed by atoms with Crippen LogP contribution in [0, 0.1) is 6.92 Å². The average molecular weight is 386 g/mol. The molecule has 3 nitrogen and oxygen atoms in total. The molecule has 0 fully saturated rings. The summed E-state index contributed by atoms with van der Waals surface area (Å²) in [4.78, 5) is 4.62. The van der Waals surface area contributed by atoms with Crippen molar-refractivity contribution in [3.05, 3.63) is 71.8 Å². The fourth-order valence-corrected chi connectivity index (χ4v) is 4.89. The predicted molar refractivity (Wildman–Crippen MR) is 125 cm³/mol. The van der Waals surface area contributed by atoms with E-state index in [1.807, 2.05) is 0 Å². The molecule has 4 aromatic rings. The Bertz CT molecular complexity index is 1150. The Hall–Kier alpha value is -2.62. The first-order chi connectivity index (χ1) is 14.0. The highest BCUT2D eigenvalue weighted by molar-refractivity contribution is 6.14. The summed E-state index contributed by atoms with van der Waals surface area (Å²) in [5.41, 5.74) is 7.98. The lowest BCUT2D eigenvalue weighted by Gasteiger charge is -2.33. The summed E-state index contributed by atoms with van der Waals surface area (Å²) >= 11 is 0. The normalized spacial score (nSPS) is 12.2. The zero-order chi connectivity index (χ0) is 20.7. The van der Waals surface area contributed by atoms with E-state index in [1.54, 1.807) is 0 Å². The summed E-state index contributed by atoms with van der Waals surface area (Å²) in [6.45, 7) is 5.45. The molecule has 1 heterocycles. The van der Waals surface area contributed by atoms with Crippen LogP contribution in [0.1, 0.15) is 24.2 Å². The zero-order valence-electron chi connectivity index (χ0n) is 18.4. The third-order valence-electron chi connectivity index (χ3n) is 5.92. The van der Waals surface area contributed by atoms with Crippen molar-refractivity contribution in [3.63, 3.8) is 0 Å². The standard InChI is InChI=1S/C26H31N3/c1-7-29-22-16-12-11-15-20(22)24-23(26(27(3)4)28(5)6)18(2)17-21(25(24)29)19-13-9-8-10-14-19/h8-17,26H,7H2,1-6H3. The molecule has 0 N–H and O–H groups in total. The third-order valence-corrected chi connectivity index (χ3v) is 5.92. The molecule has 3 heteroatoms. The van der Waals surface area contributed by atoms with E-state index in [9.17, 15) is 0 Å².